The highest BCUT2D eigenvalue weighted by Crippen LogP contribution is 2.26. The Kier molecular flexibility index (Phi) is 7.18. The first-order chi connectivity index (χ1) is 13.5. The number of benzene rings is 2. The molecule has 1 saturated carbocycles. The number of halogens is 2. The minimum Gasteiger partial charge on any atom is -0.484 e. The fourth-order valence-electron chi connectivity index (χ4n) is 3.16. The standard InChI is InChI=1S/C21H22Cl2N2O3/c22-15-8-11-18(23)19(12-15)25-21(27)14-6-9-17(10-7-14)28-13-20(26)24-16-4-2-1-3-5-16/h6-12,16H,1-5,13H2,(H,24,26)(H,25,27). The van der Waals surface area contributed by atoms with E-state index in [1.165, 1.54) is 6.42 Å². The van der Waals surface area contributed by atoms with Crippen LogP contribution in [0.5, 0.6) is 5.75 Å². The lowest BCUT2D eigenvalue weighted by Crippen LogP contribution is -2.38. The molecule has 0 atom stereocenters. The summed E-state index contributed by atoms with van der Waals surface area (Å²) in [5.41, 5.74) is 0.883. The molecule has 1 fully saturated rings. The SMILES string of the molecule is O=C(COc1ccc(C(=O)Nc2cc(Cl)ccc2Cl)cc1)NC1CCCCC1. The summed E-state index contributed by atoms with van der Waals surface area (Å²) < 4.78 is 5.51. The summed E-state index contributed by atoms with van der Waals surface area (Å²) in [4.78, 5) is 24.4. The first kappa shape index (κ1) is 20.5. The molecule has 5 nitrogen and oxygen atoms in total. The van der Waals surface area contributed by atoms with E-state index in [4.69, 9.17) is 27.9 Å². The first-order valence-electron chi connectivity index (χ1n) is 9.30. The van der Waals surface area contributed by atoms with Gasteiger partial charge in [0.2, 0.25) is 0 Å². The maximum absolute atomic E-state index is 12.4. The first-order valence-corrected chi connectivity index (χ1v) is 10.1. The van der Waals surface area contributed by atoms with Gasteiger partial charge in [0.25, 0.3) is 11.8 Å². The molecule has 0 bridgehead atoms. The normalized spacial score (nSPS) is 14.4. The fourth-order valence-corrected chi connectivity index (χ4v) is 3.49. The summed E-state index contributed by atoms with van der Waals surface area (Å²) in [6.45, 7) is -0.0415. The van der Waals surface area contributed by atoms with Crippen molar-refractivity contribution in [3.63, 3.8) is 0 Å². The van der Waals surface area contributed by atoms with Gasteiger partial charge in [0.05, 0.1) is 10.7 Å². The number of nitrogens with one attached hydrogen (secondary N) is 2. The van der Waals surface area contributed by atoms with Gasteiger partial charge in [-0.3, -0.25) is 9.59 Å². The topological polar surface area (TPSA) is 67.4 Å². The molecule has 0 heterocycles. The van der Waals surface area contributed by atoms with Crippen LogP contribution in [0.2, 0.25) is 10.0 Å². The highest BCUT2D eigenvalue weighted by atomic mass is 35.5. The smallest absolute Gasteiger partial charge is 0.258 e. The summed E-state index contributed by atoms with van der Waals surface area (Å²) >= 11 is 12.0. The summed E-state index contributed by atoms with van der Waals surface area (Å²) in [6, 6.07) is 11.7. The van der Waals surface area contributed by atoms with Gasteiger partial charge in [-0.25, -0.2) is 0 Å². The van der Waals surface area contributed by atoms with Crippen molar-refractivity contribution >= 4 is 40.7 Å². The molecule has 0 aliphatic heterocycles. The maximum Gasteiger partial charge on any atom is 0.258 e. The Hall–Kier alpha value is -2.24. The van der Waals surface area contributed by atoms with Crippen LogP contribution in [0.15, 0.2) is 42.5 Å². The van der Waals surface area contributed by atoms with Crippen LogP contribution in [-0.4, -0.2) is 24.5 Å². The van der Waals surface area contributed by atoms with Crippen LogP contribution in [0.25, 0.3) is 0 Å². The number of carbonyl (C=O) groups is 2. The summed E-state index contributed by atoms with van der Waals surface area (Å²) in [5, 5.41) is 6.61. The summed E-state index contributed by atoms with van der Waals surface area (Å²) in [6.07, 6.45) is 5.64. The molecule has 2 amide bonds. The van der Waals surface area contributed by atoms with Gasteiger partial charge in [0, 0.05) is 16.6 Å². The summed E-state index contributed by atoms with van der Waals surface area (Å²) in [7, 11) is 0. The Morgan fingerprint density at radius 1 is 1.00 bits per heavy atom. The Morgan fingerprint density at radius 2 is 1.71 bits per heavy atom. The van der Waals surface area contributed by atoms with Gasteiger partial charge in [0.15, 0.2) is 6.61 Å². The zero-order valence-electron chi connectivity index (χ0n) is 15.3. The number of ether oxygens (including phenoxy) is 1. The lowest BCUT2D eigenvalue weighted by atomic mass is 9.95. The molecule has 28 heavy (non-hydrogen) atoms. The molecule has 0 spiro atoms. The van der Waals surface area contributed by atoms with E-state index in [1.54, 1.807) is 42.5 Å². The largest absolute Gasteiger partial charge is 0.484 e. The van der Waals surface area contributed by atoms with E-state index >= 15 is 0 Å². The van der Waals surface area contributed by atoms with Crippen molar-refractivity contribution in [3.8, 4) is 5.75 Å². The second kappa shape index (κ2) is 9.80. The number of amides is 2. The monoisotopic (exact) mass is 420 g/mol. The molecule has 148 valence electrons. The van der Waals surface area contributed by atoms with Crippen LogP contribution in [0.3, 0.4) is 0 Å². The quantitative estimate of drug-likeness (QED) is 0.684. The van der Waals surface area contributed by atoms with Crippen molar-refractivity contribution in [3.05, 3.63) is 58.1 Å². The molecule has 0 saturated heterocycles. The van der Waals surface area contributed by atoms with Gasteiger partial charge in [-0.15, -0.1) is 0 Å². The molecule has 0 unspecified atom stereocenters. The number of carbonyl (C=O) groups excluding carboxylic acids is 2. The zero-order chi connectivity index (χ0) is 19.9. The van der Waals surface area contributed by atoms with Gasteiger partial charge in [0.1, 0.15) is 5.75 Å². The molecule has 3 rings (SSSR count). The van der Waals surface area contributed by atoms with Crippen LogP contribution in [-0.2, 0) is 4.79 Å². The highest BCUT2D eigenvalue weighted by Gasteiger charge is 2.16. The van der Waals surface area contributed by atoms with Gasteiger partial charge in [-0.2, -0.15) is 0 Å². The number of hydrogen-bond acceptors (Lipinski definition) is 3. The second-order valence-corrected chi connectivity index (χ2v) is 7.64. The Morgan fingerprint density at radius 3 is 2.43 bits per heavy atom. The minimum atomic E-state index is -0.314. The van der Waals surface area contributed by atoms with Gasteiger partial charge in [-0.1, -0.05) is 42.5 Å². The van der Waals surface area contributed by atoms with Crippen LogP contribution in [0.4, 0.5) is 5.69 Å². The third-order valence-corrected chi connectivity index (χ3v) is 5.20. The van der Waals surface area contributed by atoms with Crippen molar-refractivity contribution < 1.29 is 14.3 Å². The molecule has 2 N–H and O–H groups in total. The van der Waals surface area contributed by atoms with E-state index in [2.05, 4.69) is 10.6 Å². The average Bonchev–Trinajstić information content (AvgIpc) is 2.70. The molecule has 0 radical (unpaired) electrons. The molecular formula is C21H22Cl2N2O3. The van der Waals surface area contributed by atoms with Gasteiger partial charge >= 0.3 is 0 Å². The van der Waals surface area contributed by atoms with E-state index in [0.29, 0.717) is 27.0 Å². The van der Waals surface area contributed by atoms with E-state index in [0.717, 1.165) is 25.7 Å². The molecule has 1 aliphatic carbocycles. The average molecular weight is 421 g/mol. The van der Waals surface area contributed by atoms with E-state index in [9.17, 15) is 9.59 Å². The minimum absolute atomic E-state index is 0.0415. The predicted molar refractivity (Wildman–Crippen MR) is 111 cm³/mol. The number of hydrogen-bond donors (Lipinski definition) is 2. The Bertz CT molecular complexity index is 834. The van der Waals surface area contributed by atoms with E-state index < -0.39 is 0 Å². The molecule has 2 aromatic carbocycles. The van der Waals surface area contributed by atoms with Crippen molar-refractivity contribution in [2.24, 2.45) is 0 Å². The van der Waals surface area contributed by atoms with Crippen LogP contribution < -0.4 is 15.4 Å². The van der Waals surface area contributed by atoms with Crippen molar-refractivity contribution in [2.75, 3.05) is 11.9 Å². The second-order valence-electron chi connectivity index (χ2n) is 6.79. The highest BCUT2D eigenvalue weighted by molar-refractivity contribution is 6.35. The Balaban J connectivity index is 1.50. The third-order valence-electron chi connectivity index (χ3n) is 4.63. The molecule has 1 aliphatic rings. The lowest BCUT2D eigenvalue weighted by molar-refractivity contribution is -0.124. The zero-order valence-corrected chi connectivity index (χ0v) is 16.9. The van der Waals surface area contributed by atoms with Crippen LogP contribution >= 0.6 is 23.2 Å². The van der Waals surface area contributed by atoms with Crippen LogP contribution in [0, 0.1) is 0 Å². The molecule has 7 heteroatoms. The third kappa shape index (κ3) is 5.88. The van der Waals surface area contributed by atoms with E-state index in [1.807, 2.05) is 0 Å². The molecular weight excluding hydrogens is 399 g/mol. The maximum atomic E-state index is 12.4. The molecule has 2 aromatic rings. The van der Waals surface area contributed by atoms with Crippen molar-refractivity contribution in [1.82, 2.24) is 5.32 Å². The Labute approximate surface area is 174 Å². The van der Waals surface area contributed by atoms with E-state index in [-0.39, 0.29) is 24.5 Å². The van der Waals surface area contributed by atoms with Gasteiger partial charge in [-0.05, 0) is 55.3 Å². The molecule has 0 aromatic heterocycles. The van der Waals surface area contributed by atoms with Crippen molar-refractivity contribution in [1.29, 1.82) is 0 Å². The van der Waals surface area contributed by atoms with Gasteiger partial charge < -0.3 is 15.4 Å². The summed E-state index contributed by atoms with van der Waals surface area (Å²) in [5.74, 6) is 0.0891. The fraction of sp³-hybridized carbons (Fsp3) is 0.333. The lowest BCUT2D eigenvalue weighted by Gasteiger charge is -2.22. The number of rotatable bonds is 6. The number of anilines is 1. The van der Waals surface area contributed by atoms with Crippen LogP contribution in [0.1, 0.15) is 42.5 Å². The van der Waals surface area contributed by atoms with Crippen molar-refractivity contribution in [2.45, 2.75) is 38.1 Å². The predicted octanol–water partition coefficient (Wildman–Crippen LogP) is 5.07.